The number of anilines is 5. The third-order valence-electron chi connectivity index (χ3n) is 5.75. The molecule has 3 aromatic rings. The van der Waals surface area contributed by atoms with E-state index in [4.69, 9.17) is 27.9 Å². The summed E-state index contributed by atoms with van der Waals surface area (Å²) < 4.78 is 5.76. The first-order valence-electron chi connectivity index (χ1n) is 10.9. The Labute approximate surface area is 207 Å². The number of benzene rings is 2. The van der Waals surface area contributed by atoms with Gasteiger partial charge in [-0.05, 0) is 30.3 Å². The van der Waals surface area contributed by atoms with Gasteiger partial charge in [0.15, 0.2) is 6.73 Å². The van der Waals surface area contributed by atoms with Crippen LogP contribution in [0.3, 0.4) is 0 Å². The van der Waals surface area contributed by atoms with Crippen LogP contribution in [-0.2, 0) is 0 Å². The van der Waals surface area contributed by atoms with E-state index in [0.29, 0.717) is 21.7 Å². The number of para-hydroxylation sites is 1. The van der Waals surface area contributed by atoms with E-state index < -0.39 is 0 Å². The highest BCUT2D eigenvalue weighted by atomic mass is 35.5. The topological polar surface area (TPSA) is 94.7 Å². The fourth-order valence-corrected chi connectivity index (χ4v) is 4.65. The number of hydrogen-bond donors (Lipinski definition) is 3. The fourth-order valence-electron chi connectivity index (χ4n) is 4.05. The molecule has 0 atom stereocenters. The standard InChI is InChI=1S/C23H23Cl2N7O2/c1-26-18-11-14(5-6-19(18)31-9-7-27-8-10-31)29-23-28-12-15-21(30-23)34-13-32(22(15)33)20-16(24)3-2-4-17(20)25/h2-6,11-12,26-27H,7-10,13H2,1H3,(H,28,29,30). The second-order valence-corrected chi connectivity index (χ2v) is 8.65. The Balaban J connectivity index is 1.36. The summed E-state index contributed by atoms with van der Waals surface area (Å²) in [5.74, 6) is 0.196. The molecule has 0 saturated carbocycles. The van der Waals surface area contributed by atoms with Gasteiger partial charge in [-0.1, -0.05) is 29.3 Å². The molecule has 176 valence electrons. The van der Waals surface area contributed by atoms with Gasteiger partial charge in [0.05, 0.1) is 27.1 Å². The monoisotopic (exact) mass is 499 g/mol. The van der Waals surface area contributed by atoms with Crippen LogP contribution in [0.4, 0.5) is 28.7 Å². The van der Waals surface area contributed by atoms with Crippen LogP contribution in [0.1, 0.15) is 10.4 Å². The van der Waals surface area contributed by atoms with Crippen LogP contribution in [0.15, 0.2) is 42.6 Å². The molecule has 5 rings (SSSR count). The lowest BCUT2D eigenvalue weighted by Gasteiger charge is -2.31. The molecule has 0 aliphatic carbocycles. The van der Waals surface area contributed by atoms with Crippen LogP contribution >= 0.6 is 23.2 Å². The molecule has 1 saturated heterocycles. The summed E-state index contributed by atoms with van der Waals surface area (Å²) >= 11 is 12.5. The maximum atomic E-state index is 13.1. The summed E-state index contributed by atoms with van der Waals surface area (Å²) in [7, 11) is 1.90. The van der Waals surface area contributed by atoms with E-state index in [9.17, 15) is 4.79 Å². The van der Waals surface area contributed by atoms with Crippen molar-refractivity contribution in [1.82, 2.24) is 15.3 Å². The Morgan fingerprint density at radius 3 is 2.62 bits per heavy atom. The van der Waals surface area contributed by atoms with Crippen LogP contribution in [0, 0.1) is 0 Å². The molecular weight excluding hydrogens is 477 g/mol. The number of aromatic nitrogens is 2. The number of carbonyl (C=O) groups is 1. The normalized spacial score (nSPS) is 15.6. The van der Waals surface area contributed by atoms with E-state index in [-0.39, 0.29) is 24.1 Å². The third kappa shape index (κ3) is 4.29. The van der Waals surface area contributed by atoms with Crippen molar-refractivity contribution in [2.45, 2.75) is 0 Å². The highest BCUT2D eigenvalue weighted by Gasteiger charge is 2.31. The van der Waals surface area contributed by atoms with Crippen molar-refractivity contribution in [1.29, 1.82) is 0 Å². The molecule has 0 unspecified atom stereocenters. The molecule has 1 aromatic heterocycles. The van der Waals surface area contributed by atoms with E-state index in [1.165, 1.54) is 11.1 Å². The third-order valence-corrected chi connectivity index (χ3v) is 6.36. The number of amides is 1. The molecule has 1 fully saturated rings. The predicted octanol–water partition coefficient (Wildman–Crippen LogP) is 3.98. The minimum atomic E-state index is -0.333. The Morgan fingerprint density at radius 1 is 1.12 bits per heavy atom. The summed E-state index contributed by atoms with van der Waals surface area (Å²) in [6.45, 7) is 3.78. The number of carbonyl (C=O) groups excluding carboxylic acids is 1. The molecule has 11 heteroatoms. The zero-order chi connectivity index (χ0) is 23.7. The molecule has 9 nitrogen and oxygen atoms in total. The zero-order valence-corrected chi connectivity index (χ0v) is 20.0. The van der Waals surface area contributed by atoms with E-state index in [1.807, 2.05) is 19.2 Å². The van der Waals surface area contributed by atoms with E-state index >= 15 is 0 Å². The van der Waals surface area contributed by atoms with Crippen molar-refractivity contribution >= 4 is 57.8 Å². The molecule has 2 aromatic carbocycles. The Morgan fingerprint density at radius 2 is 1.88 bits per heavy atom. The maximum Gasteiger partial charge on any atom is 0.268 e. The predicted molar refractivity (Wildman–Crippen MR) is 135 cm³/mol. The van der Waals surface area contributed by atoms with Gasteiger partial charge in [0.2, 0.25) is 11.8 Å². The van der Waals surface area contributed by atoms with Gasteiger partial charge in [-0.2, -0.15) is 4.98 Å². The summed E-state index contributed by atoms with van der Waals surface area (Å²) in [5.41, 5.74) is 3.59. The largest absolute Gasteiger partial charge is 0.455 e. The lowest BCUT2D eigenvalue weighted by molar-refractivity contribution is 0.0932. The lowest BCUT2D eigenvalue weighted by Crippen LogP contribution is -2.43. The Hall–Kier alpha value is -3.27. The van der Waals surface area contributed by atoms with Crippen molar-refractivity contribution < 1.29 is 9.53 Å². The van der Waals surface area contributed by atoms with E-state index in [0.717, 1.165) is 43.2 Å². The van der Waals surface area contributed by atoms with Crippen molar-refractivity contribution in [2.75, 3.05) is 60.4 Å². The second kappa shape index (κ2) is 9.54. The van der Waals surface area contributed by atoms with Gasteiger partial charge < -0.3 is 25.6 Å². The smallest absolute Gasteiger partial charge is 0.268 e. The molecule has 0 bridgehead atoms. The van der Waals surface area contributed by atoms with Gasteiger partial charge in [0.25, 0.3) is 5.91 Å². The summed E-state index contributed by atoms with van der Waals surface area (Å²) in [6.07, 6.45) is 1.44. The number of piperazine rings is 1. The molecule has 2 aliphatic rings. The molecule has 1 amide bonds. The van der Waals surface area contributed by atoms with Crippen LogP contribution < -0.4 is 30.5 Å². The highest BCUT2D eigenvalue weighted by molar-refractivity contribution is 6.40. The fraction of sp³-hybridized carbons (Fsp3) is 0.261. The number of halogens is 2. The number of nitrogens with one attached hydrogen (secondary N) is 3. The Kier molecular flexibility index (Phi) is 6.32. The van der Waals surface area contributed by atoms with Crippen LogP contribution in [0.25, 0.3) is 0 Å². The quantitative estimate of drug-likeness (QED) is 0.485. The van der Waals surface area contributed by atoms with Gasteiger partial charge >= 0.3 is 0 Å². The molecule has 3 heterocycles. The van der Waals surface area contributed by atoms with Crippen molar-refractivity contribution in [3.63, 3.8) is 0 Å². The van der Waals surface area contributed by atoms with Crippen LogP contribution in [-0.4, -0.2) is 55.8 Å². The van der Waals surface area contributed by atoms with Gasteiger partial charge in [0.1, 0.15) is 5.56 Å². The van der Waals surface area contributed by atoms with E-state index in [2.05, 4.69) is 36.9 Å². The highest BCUT2D eigenvalue weighted by Crippen LogP contribution is 2.37. The van der Waals surface area contributed by atoms with Crippen molar-refractivity contribution in [2.24, 2.45) is 0 Å². The summed E-state index contributed by atoms with van der Waals surface area (Å²) in [5, 5.41) is 10.5. The summed E-state index contributed by atoms with van der Waals surface area (Å²) in [4.78, 5) is 25.5. The first-order chi connectivity index (χ1) is 16.5. The first kappa shape index (κ1) is 22.5. The van der Waals surface area contributed by atoms with Gasteiger partial charge in [0, 0.05) is 45.1 Å². The van der Waals surface area contributed by atoms with Gasteiger partial charge in [-0.25, -0.2) is 4.98 Å². The molecule has 0 spiro atoms. The van der Waals surface area contributed by atoms with Crippen LogP contribution in [0.2, 0.25) is 10.0 Å². The minimum Gasteiger partial charge on any atom is -0.455 e. The number of hydrogen-bond acceptors (Lipinski definition) is 8. The average molecular weight is 500 g/mol. The molecule has 2 aliphatic heterocycles. The SMILES string of the molecule is CNc1cc(Nc2ncc3c(n2)OCN(c2c(Cl)cccc2Cl)C3=O)ccc1N1CCNCC1. The Bertz CT molecular complexity index is 1210. The van der Waals surface area contributed by atoms with Gasteiger partial charge in [-0.15, -0.1) is 0 Å². The molecule has 3 N–H and O–H groups in total. The van der Waals surface area contributed by atoms with Crippen LogP contribution in [0.5, 0.6) is 5.88 Å². The van der Waals surface area contributed by atoms with Crippen molar-refractivity contribution in [3.8, 4) is 5.88 Å². The van der Waals surface area contributed by atoms with Crippen molar-refractivity contribution in [3.05, 3.63) is 58.2 Å². The van der Waals surface area contributed by atoms with E-state index in [1.54, 1.807) is 18.2 Å². The number of fused-ring (bicyclic) bond motifs is 1. The summed E-state index contributed by atoms with van der Waals surface area (Å²) in [6, 6.07) is 11.1. The zero-order valence-electron chi connectivity index (χ0n) is 18.4. The molecular formula is C23H23Cl2N7O2. The van der Waals surface area contributed by atoms with Gasteiger partial charge in [-0.3, -0.25) is 9.69 Å². The molecule has 0 radical (unpaired) electrons. The number of rotatable bonds is 5. The first-order valence-corrected chi connectivity index (χ1v) is 11.6. The minimum absolute atomic E-state index is 0.0605. The number of ether oxygens (including phenoxy) is 1. The number of nitrogens with zero attached hydrogens (tertiary/aromatic N) is 4. The second-order valence-electron chi connectivity index (χ2n) is 7.83. The maximum absolute atomic E-state index is 13.1. The average Bonchev–Trinajstić information content (AvgIpc) is 2.85. The lowest BCUT2D eigenvalue weighted by atomic mass is 10.2. The molecule has 34 heavy (non-hydrogen) atoms.